The highest BCUT2D eigenvalue weighted by atomic mass is 16.3. The molecule has 96 valence electrons. The van der Waals surface area contributed by atoms with Gasteiger partial charge in [0.25, 0.3) is 0 Å². The molecule has 0 bridgehead atoms. The van der Waals surface area contributed by atoms with Gasteiger partial charge in [-0.2, -0.15) is 5.26 Å². The van der Waals surface area contributed by atoms with Gasteiger partial charge in [0.2, 0.25) is 0 Å². The molecule has 1 aromatic heterocycles. The zero-order valence-electron chi connectivity index (χ0n) is 10.5. The molecular weight excluding hydrogens is 228 g/mol. The Morgan fingerprint density at radius 1 is 1.56 bits per heavy atom. The SMILES string of the molecule is CC(O)C1CCN(c2nccc(C#N)c2N)CC1. The minimum Gasteiger partial charge on any atom is -0.395 e. The molecule has 18 heavy (non-hydrogen) atoms. The van der Waals surface area contributed by atoms with E-state index in [1.165, 1.54) is 0 Å². The molecule has 1 aliphatic heterocycles. The van der Waals surface area contributed by atoms with Gasteiger partial charge in [0.05, 0.1) is 17.4 Å². The van der Waals surface area contributed by atoms with Crippen LogP contribution in [0.4, 0.5) is 11.5 Å². The van der Waals surface area contributed by atoms with Crippen molar-refractivity contribution in [2.24, 2.45) is 5.92 Å². The second-order valence-corrected chi connectivity index (χ2v) is 4.77. The quantitative estimate of drug-likeness (QED) is 0.817. The van der Waals surface area contributed by atoms with Gasteiger partial charge in [0.15, 0.2) is 5.82 Å². The molecule has 0 saturated carbocycles. The first-order valence-corrected chi connectivity index (χ1v) is 6.21. The first-order chi connectivity index (χ1) is 8.63. The van der Waals surface area contributed by atoms with Crippen LogP contribution in [0.15, 0.2) is 12.3 Å². The van der Waals surface area contributed by atoms with Crippen molar-refractivity contribution < 1.29 is 5.11 Å². The van der Waals surface area contributed by atoms with Crippen LogP contribution in [0.5, 0.6) is 0 Å². The van der Waals surface area contributed by atoms with Gasteiger partial charge in [-0.05, 0) is 31.7 Å². The highest BCUT2D eigenvalue weighted by Crippen LogP contribution is 2.28. The molecule has 1 saturated heterocycles. The summed E-state index contributed by atoms with van der Waals surface area (Å²) in [6, 6.07) is 3.70. The Hall–Kier alpha value is -1.80. The van der Waals surface area contributed by atoms with Crippen molar-refractivity contribution in [3.05, 3.63) is 17.8 Å². The third-order valence-electron chi connectivity index (χ3n) is 3.61. The number of pyridine rings is 1. The molecule has 1 aliphatic rings. The van der Waals surface area contributed by atoms with Crippen LogP contribution in [0.25, 0.3) is 0 Å². The van der Waals surface area contributed by atoms with Crippen molar-refractivity contribution in [3.63, 3.8) is 0 Å². The fraction of sp³-hybridized carbons (Fsp3) is 0.538. The highest BCUT2D eigenvalue weighted by molar-refractivity contribution is 5.70. The Morgan fingerprint density at radius 3 is 2.78 bits per heavy atom. The van der Waals surface area contributed by atoms with E-state index in [9.17, 15) is 5.11 Å². The van der Waals surface area contributed by atoms with Gasteiger partial charge in [0, 0.05) is 19.3 Å². The maximum atomic E-state index is 9.57. The Labute approximate surface area is 107 Å². The number of aromatic nitrogens is 1. The Bertz CT molecular complexity index is 459. The van der Waals surface area contributed by atoms with Crippen LogP contribution < -0.4 is 10.6 Å². The van der Waals surface area contributed by atoms with Crippen molar-refractivity contribution in [2.75, 3.05) is 23.7 Å². The molecule has 1 unspecified atom stereocenters. The van der Waals surface area contributed by atoms with E-state index in [4.69, 9.17) is 11.0 Å². The van der Waals surface area contributed by atoms with Gasteiger partial charge in [0.1, 0.15) is 6.07 Å². The lowest BCUT2D eigenvalue weighted by Crippen LogP contribution is -2.37. The number of anilines is 2. The third kappa shape index (κ3) is 2.39. The maximum absolute atomic E-state index is 9.57. The normalized spacial score (nSPS) is 18.4. The van der Waals surface area contributed by atoms with Gasteiger partial charge in [-0.3, -0.25) is 0 Å². The van der Waals surface area contributed by atoms with Gasteiger partial charge in [-0.15, -0.1) is 0 Å². The van der Waals surface area contributed by atoms with Gasteiger partial charge >= 0.3 is 0 Å². The number of hydrogen-bond donors (Lipinski definition) is 2. The minimum absolute atomic E-state index is 0.261. The van der Waals surface area contributed by atoms with E-state index >= 15 is 0 Å². The maximum Gasteiger partial charge on any atom is 0.153 e. The Kier molecular flexibility index (Phi) is 3.68. The molecule has 1 aromatic rings. The minimum atomic E-state index is -0.261. The van der Waals surface area contributed by atoms with Crippen molar-refractivity contribution >= 4 is 11.5 Å². The first kappa shape index (κ1) is 12.7. The molecule has 1 atom stereocenters. The highest BCUT2D eigenvalue weighted by Gasteiger charge is 2.24. The van der Waals surface area contributed by atoms with Crippen LogP contribution in [0.2, 0.25) is 0 Å². The summed E-state index contributed by atoms with van der Waals surface area (Å²) in [5, 5.41) is 18.5. The molecule has 5 nitrogen and oxygen atoms in total. The largest absolute Gasteiger partial charge is 0.395 e. The number of aliphatic hydroxyl groups is 1. The van der Waals surface area contributed by atoms with Crippen LogP contribution in [-0.2, 0) is 0 Å². The van der Waals surface area contributed by atoms with E-state index in [0.717, 1.165) is 25.9 Å². The third-order valence-corrected chi connectivity index (χ3v) is 3.61. The van der Waals surface area contributed by atoms with Crippen LogP contribution in [0.1, 0.15) is 25.3 Å². The standard InChI is InChI=1S/C13H18N4O/c1-9(18)10-3-6-17(7-4-10)13-12(15)11(8-14)2-5-16-13/h2,5,9-10,18H,3-4,6-7,15H2,1H3. The number of rotatable bonds is 2. The summed E-state index contributed by atoms with van der Waals surface area (Å²) in [6.07, 6.45) is 3.21. The molecule has 2 heterocycles. The number of nitriles is 1. The van der Waals surface area contributed by atoms with E-state index in [-0.39, 0.29) is 6.10 Å². The molecule has 2 rings (SSSR count). The number of nitrogens with zero attached hydrogens (tertiary/aromatic N) is 3. The summed E-state index contributed by atoms with van der Waals surface area (Å²) in [4.78, 5) is 6.36. The lowest BCUT2D eigenvalue weighted by atomic mass is 9.92. The number of nitrogen functional groups attached to an aromatic ring is 1. The predicted molar refractivity (Wildman–Crippen MR) is 70.0 cm³/mol. The lowest BCUT2D eigenvalue weighted by molar-refractivity contribution is 0.110. The Morgan fingerprint density at radius 2 is 2.22 bits per heavy atom. The van der Waals surface area contributed by atoms with E-state index < -0.39 is 0 Å². The molecule has 0 aromatic carbocycles. The summed E-state index contributed by atoms with van der Waals surface area (Å²) in [5.74, 6) is 1.04. The van der Waals surface area contributed by atoms with Crippen LogP contribution in [-0.4, -0.2) is 29.3 Å². The second kappa shape index (κ2) is 5.23. The zero-order valence-corrected chi connectivity index (χ0v) is 10.5. The monoisotopic (exact) mass is 246 g/mol. The predicted octanol–water partition coefficient (Wildman–Crippen LogP) is 1.13. The molecule has 3 N–H and O–H groups in total. The van der Waals surface area contributed by atoms with Crippen LogP contribution in [0.3, 0.4) is 0 Å². The summed E-state index contributed by atoms with van der Waals surface area (Å²) < 4.78 is 0. The molecule has 0 spiro atoms. The fourth-order valence-electron chi connectivity index (χ4n) is 2.41. The van der Waals surface area contributed by atoms with Gasteiger partial charge in [-0.1, -0.05) is 0 Å². The fourth-order valence-corrected chi connectivity index (χ4v) is 2.41. The van der Waals surface area contributed by atoms with Crippen molar-refractivity contribution in [3.8, 4) is 6.07 Å². The van der Waals surface area contributed by atoms with E-state index in [2.05, 4.69) is 16.0 Å². The Balaban J connectivity index is 2.13. The summed E-state index contributed by atoms with van der Waals surface area (Å²) in [6.45, 7) is 3.48. The lowest BCUT2D eigenvalue weighted by Gasteiger charge is -2.34. The number of aliphatic hydroxyl groups excluding tert-OH is 1. The number of hydrogen-bond acceptors (Lipinski definition) is 5. The average molecular weight is 246 g/mol. The summed E-state index contributed by atoms with van der Waals surface area (Å²) in [5.41, 5.74) is 6.87. The summed E-state index contributed by atoms with van der Waals surface area (Å²) in [7, 11) is 0. The van der Waals surface area contributed by atoms with Crippen LogP contribution in [0, 0.1) is 17.2 Å². The summed E-state index contributed by atoms with van der Waals surface area (Å²) >= 11 is 0. The van der Waals surface area contributed by atoms with Crippen LogP contribution >= 0.6 is 0 Å². The zero-order chi connectivity index (χ0) is 13.1. The molecule has 5 heteroatoms. The second-order valence-electron chi connectivity index (χ2n) is 4.77. The molecule has 0 amide bonds. The molecule has 0 aliphatic carbocycles. The molecule has 0 radical (unpaired) electrons. The van der Waals surface area contributed by atoms with Crippen molar-refractivity contribution in [2.45, 2.75) is 25.9 Å². The average Bonchev–Trinajstić information content (AvgIpc) is 2.39. The topological polar surface area (TPSA) is 86.2 Å². The first-order valence-electron chi connectivity index (χ1n) is 6.21. The van der Waals surface area contributed by atoms with Gasteiger partial charge in [-0.25, -0.2) is 4.98 Å². The molecule has 1 fully saturated rings. The van der Waals surface area contributed by atoms with Gasteiger partial charge < -0.3 is 15.7 Å². The van der Waals surface area contributed by atoms with E-state index in [1.54, 1.807) is 12.3 Å². The van der Waals surface area contributed by atoms with E-state index in [1.807, 2.05) is 6.92 Å². The molecular formula is C13H18N4O. The smallest absolute Gasteiger partial charge is 0.153 e. The number of nitrogens with two attached hydrogens (primary N) is 1. The van der Waals surface area contributed by atoms with Crippen molar-refractivity contribution in [1.82, 2.24) is 4.98 Å². The van der Waals surface area contributed by atoms with Crippen molar-refractivity contribution in [1.29, 1.82) is 5.26 Å². The number of piperidine rings is 1. The van der Waals surface area contributed by atoms with E-state index in [0.29, 0.717) is 23.0 Å².